The summed E-state index contributed by atoms with van der Waals surface area (Å²) < 4.78 is 5.12. The molecule has 1 fully saturated rings. The van der Waals surface area contributed by atoms with Crippen LogP contribution in [0.2, 0.25) is 0 Å². The zero-order valence-electron chi connectivity index (χ0n) is 10.8. The van der Waals surface area contributed by atoms with E-state index < -0.39 is 5.60 Å². The lowest BCUT2D eigenvalue weighted by Crippen LogP contribution is -2.37. The Hall–Kier alpha value is -1.26. The van der Waals surface area contributed by atoms with Gasteiger partial charge >= 0.3 is 0 Å². The molecule has 1 aromatic rings. The molecule has 1 saturated carbocycles. The summed E-state index contributed by atoms with van der Waals surface area (Å²) >= 11 is 0. The first-order chi connectivity index (χ1) is 8.63. The number of nitrogens with one attached hydrogen (secondary N) is 1. The average molecular weight is 251 g/mol. The molecule has 0 amide bonds. The van der Waals surface area contributed by atoms with Gasteiger partial charge in [0.1, 0.15) is 11.5 Å². The van der Waals surface area contributed by atoms with Crippen LogP contribution >= 0.6 is 0 Å². The first-order valence-electron chi connectivity index (χ1n) is 6.42. The van der Waals surface area contributed by atoms with E-state index in [1.165, 1.54) is 0 Å². The minimum Gasteiger partial charge on any atom is -0.508 e. The van der Waals surface area contributed by atoms with Gasteiger partial charge in [-0.2, -0.15) is 0 Å². The first kappa shape index (κ1) is 13.2. The molecule has 1 aliphatic rings. The van der Waals surface area contributed by atoms with Gasteiger partial charge < -0.3 is 20.3 Å². The van der Waals surface area contributed by atoms with Crippen LogP contribution in [0.5, 0.6) is 11.5 Å². The molecule has 0 radical (unpaired) electrons. The van der Waals surface area contributed by atoms with E-state index >= 15 is 0 Å². The van der Waals surface area contributed by atoms with Crippen LogP contribution in [0.4, 0.5) is 0 Å². The zero-order chi connectivity index (χ0) is 13.0. The molecule has 100 valence electrons. The number of aliphatic hydroxyl groups is 1. The second-order valence-corrected chi connectivity index (χ2v) is 5.03. The molecule has 1 aromatic carbocycles. The monoisotopic (exact) mass is 251 g/mol. The summed E-state index contributed by atoms with van der Waals surface area (Å²) in [6.45, 7) is 1.11. The maximum absolute atomic E-state index is 10.2. The molecule has 1 aliphatic carbocycles. The van der Waals surface area contributed by atoms with Crippen molar-refractivity contribution in [3.8, 4) is 11.5 Å². The van der Waals surface area contributed by atoms with Gasteiger partial charge in [0.15, 0.2) is 0 Å². The lowest BCUT2D eigenvalue weighted by Gasteiger charge is -2.22. The molecular weight excluding hydrogens is 230 g/mol. The standard InChI is InChI=1S/C14H21NO3/c1-18-12-4-5-13(16)11(8-12)9-15-10-14(17)6-2-3-7-14/h4-5,8,15-17H,2-3,6-7,9-10H2,1H3. The highest BCUT2D eigenvalue weighted by molar-refractivity contribution is 5.39. The van der Waals surface area contributed by atoms with Crippen molar-refractivity contribution in [1.29, 1.82) is 0 Å². The van der Waals surface area contributed by atoms with Crippen LogP contribution in [0.25, 0.3) is 0 Å². The number of benzene rings is 1. The van der Waals surface area contributed by atoms with Crippen LogP contribution in [0.1, 0.15) is 31.2 Å². The Morgan fingerprint density at radius 3 is 2.72 bits per heavy atom. The van der Waals surface area contributed by atoms with Crippen molar-refractivity contribution >= 4 is 0 Å². The number of hydrogen-bond acceptors (Lipinski definition) is 4. The molecule has 18 heavy (non-hydrogen) atoms. The van der Waals surface area contributed by atoms with Crippen molar-refractivity contribution in [3.05, 3.63) is 23.8 Å². The number of hydrogen-bond donors (Lipinski definition) is 3. The third-order valence-corrected chi connectivity index (χ3v) is 3.59. The molecule has 0 bridgehead atoms. The maximum Gasteiger partial charge on any atom is 0.120 e. The molecule has 4 heteroatoms. The second kappa shape index (κ2) is 5.59. The smallest absolute Gasteiger partial charge is 0.120 e. The molecule has 0 aromatic heterocycles. The van der Waals surface area contributed by atoms with Gasteiger partial charge in [0.05, 0.1) is 12.7 Å². The van der Waals surface area contributed by atoms with E-state index in [-0.39, 0.29) is 5.75 Å². The minimum absolute atomic E-state index is 0.252. The van der Waals surface area contributed by atoms with E-state index in [1.54, 1.807) is 25.3 Å². The lowest BCUT2D eigenvalue weighted by atomic mass is 10.0. The fraction of sp³-hybridized carbons (Fsp3) is 0.571. The van der Waals surface area contributed by atoms with Gasteiger partial charge in [0.2, 0.25) is 0 Å². The first-order valence-corrected chi connectivity index (χ1v) is 6.42. The highest BCUT2D eigenvalue weighted by Gasteiger charge is 2.30. The highest BCUT2D eigenvalue weighted by Crippen LogP contribution is 2.29. The van der Waals surface area contributed by atoms with Gasteiger partial charge in [0.25, 0.3) is 0 Å². The zero-order valence-corrected chi connectivity index (χ0v) is 10.8. The summed E-state index contributed by atoms with van der Waals surface area (Å²) in [6.07, 6.45) is 3.93. The van der Waals surface area contributed by atoms with Crippen molar-refractivity contribution in [2.45, 2.75) is 37.8 Å². The number of ether oxygens (including phenoxy) is 1. The predicted octanol–water partition coefficient (Wildman–Crippen LogP) is 1.80. The summed E-state index contributed by atoms with van der Waals surface area (Å²) in [6, 6.07) is 5.16. The van der Waals surface area contributed by atoms with E-state index in [4.69, 9.17) is 4.74 Å². The van der Waals surface area contributed by atoms with Gasteiger partial charge in [-0.05, 0) is 31.0 Å². The average Bonchev–Trinajstić information content (AvgIpc) is 2.79. The van der Waals surface area contributed by atoms with E-state index in [1.807, 2.05) is 0 Å². The summed E-state index contributed by atoms with van der Waals surface area (Å²) in [5.74, 6) is 0.978. The normalized spacial score (nSPS) is 17.9. The maximum atomic E-state index is 10.2. The lowest BCUT2D eigenvalue weighted by molar-refractivity contribution is 0.0474. The van der Waals surface area contributed by atoms with Gasteiger partial charge in [-0.1, -0.05) is 12.8 Å². The van der Waals surface area contributed by atoms with Crippen LogP contribution in [-0.4, -0.2) is 29.5 Å². The number of methoxy groups -OCH3 is 1. The summed E-state index contributed by atoms with van der Waals surface area (Å²) in [4.78, 5) is 0. The van der Waals surface area contributed by atoms with Crippen LogP contribution < -0.4 is 10.1 Å². The van der Waals surface area contributed by atoms with Crippen molar-refractivity contribution in [1.82, 2.24) is 5.32 Å². The molecule has 0 heterocycles. The van der Waals surface area contributed by atoms with E-state index in [2.05, 4.69) is 5.32 Å². The molecule has 0 aliphatic heterocycles. The topological polar surface area (TPSA) is 61.7 Å². The predicted molar refractivity (Wildman–Crippen MR) is 69.8 cm³/mol. The van der Waals surface area contributed by atoms with Crippen LogP contribution in [0.15, 0.2) is 18.2 Å². The number of phenols is 1. The third-order valence-electron chi connectivity index (χ3n) is 3.59. The van der Waals surface area contributed by atoms with E-state index in [9.17, 15) is 10.2 Å². The van der Waals surface area contributed by atoms with Gasteiger partial charge in [-0.3, -0.25) is 0 Å². The number of phenolic OH excluding ortho intramolecular Hbond substituents is 1. The largest absolute Gasteiger partial charge is 0.508 e. The third kappa shape index (κ3) is 3.15. The van der Waals surface area contributed by atoms with Crippen molar-refractivity contribution < 1.29 is 14.9 Å². The quantitative estimate of drug-likeness (QED) is 0.746. The Bertz CT molecular complexity index is 400. The van der Waals surface area contributed by atoms with Crippen molar-refractivity contribution in [2.75, 3.05) is 13.7 Å². The Balaban J connectivity index is 1.89. The molecule has 0 unspecified atom stereocenters. The Labute approximate surface area is 108 Å². The molecule has 0 spiro atoms. The number of rotatable bonds is 5. The minimum atomic E-state index is -0.561. The summed E-state index contributed by atoms with van der Waals surface area (Å²) in [7, 11) is 1.60. The highest BCUT2D eigenvalue weighted by atomic mass is 16.5. The van der Waals surface area contributed by atoms with Gasteiger partial charge in [-0.15, -0.1) is 0 Å². The summed E-state index contributed by atoms with van der Waals surface area (Å²) in [5.41, 5.74) is 0.227. The number of aromatic hydroxyl groups is 1. The van der Waals surface area contributed by atoms with Crippen LogP contribution in [-0.2, 0) is 6.54 Å². The second-order valence-electron chi connectivity index (χ2n) is 5.03. The van der Waals surface area contributed by atoms with Crippen molar-refractivity contribution in [3.63, 3.8) is 0 Å². The Kier molecular flexibility index (Phi) is 4.09. The molecule has 4 nitrogen and oxygen atoms in total. The van der Waals surface area contributed by atoms with Crippen molar-refractivity contribution in [2.24, 2.45) is 0 Å². The SMILES string of the molecule is COc1ccc(O)c(CNCC2(O)CCCC2)c1. The molecular formula is C14H21NO3. The molecule has 3 N–H and O–H groups in total. The van der Waals surface area contributed by atoms with E-state index in [0.29, 0.717) is 13.1 Å². The van der Waals surface area contributed by atoms with Crippen LogP contribution in [0, 0.1) is 0 Å². The fourth-order valence-corrected chi connectivity index (χ4v) is 2.47. The van der Waals surface area contributed by atoms with E-state index in [0.717, 1.165) is 37.0 Å². The molecule has 2 rings (SSSR count). The summed E-state index contributed by atoms with van der Waals surface area (Å²) in [5, 5.41) is 23.1. The van der Waals surface area contributed by atoms with Gasteiger partial charge in [0, 0.05) is 18.7 Å². The Morgan fingerprint density at radius 2 is 2.06 bits per heavy atom. The van der Waals surface area contributed by atoms with Crippen LogP contribution in [0.3, 0.4) is 0 Å². The molecule has 0 atom stereocenters. The van der Waals surface area contributed by atoms with Gasteiger partial charge in [-0.25, -0.2) is 0 Å². The Morgan fingerprint density at radius 1 is 1.33 bits per heavy atom. The fourth-order valence-electron chi connectivity index (χ4n) is 2.47. The molecule has 0 saturated heterocycles.